The standard InChI is InChI=1S/C23H30ClN5O2/c1-14-8-16(9-15(2)31-14)11-26-21-5-3-4-20(28-21)18-10-22(27-13-19(18)24)29-23(30)17-6-7-25-12-17/h3-5,10,13-17,25H,6-9,11-12H2,1-2H3,(H,26,28)(H,27,29,30)/t14-,15+,16?,17?. The van der Waals surface area contributed by atoms with E-state index in [4.69, 9.17) is 21.3 Å². The van der Waals surface area contributed by atoms with Crippen molar-refractivity contribution in [1.82, 2.24) is 15.3 Å². The molecule has 2 saturated heterocycles. The van der Waals surface area contributed by atoms with Crippen LogP contribution in [0.15, 0.2) is 30.5 Å². The van der Waals surface area contributed by atoms with Crippen LogP contribution in [0.5, 0.6) is 0 Å². The summed E-state index contributed by atoms with van der Waals surface area (Å²) < 4.78 is 5.83. The highest BCUT2D eigenvalue weighted by Gasteiger charge is 2.25. The van der Waals surface area contributed by atoms with Crippen molar-refractivity contribution in [2.24, 2.45) is 11.8 Å². The molecule has 0 aliphatic carbocycles. The fraction of sp³-hybridized carbons (Fsp3) is 0.522. The summed E-state index contributed by atoms with van der Waals surface area (Å²) >= 11 is 6.42. The maximum absolute atomic E-state index is 12.4. The number of aromatic nitrogens is 2. The second-order valence-corrected chi connectivity index (χ2v) is 9.02. The first-order valence-electron chi connectivity index (χ1n) is 11.0. The van der Waals surface area contributed by atoms with Gasteiger partial charge in [-0.05, 0) is 63.8 Å². The number of anilines is 2. The zero-order valence-electron chi connectivity index (χ0n) is 18.0. The van der Waals surface area contributed by atoms with Gasteiger partial charge in [0.25, 0.3) is 0 Å². The van der Waals surface area contributed by atoms with Gasteiger partial charge in [-0.15, -0.1) is 0 Å². The van der Waals surface area contributed by atoms with Crippen molar-refractivity contribution in [2.45, 2.75) is 45.3 Å². The summed E-state index contributed by atoms with van der Waals surface area (Å²) in [4.78, 5) is 21.4. The summed E-state index contributed by atoms with van der Waals surface area (Å²) in [6.45, 7) is 6.69. The van der Waals surface area contributed by atoms with Crippen LogP contribution in [0.1, 0.15) is 33.1 Å². The third-order valence-electron chi connectivity index (χ3n) is 5.93. The van der Waals surface area contributed by atoms with Crippen LogP contribution < -0.4 is 16.0 Å². The van der Waals surface area contributed by atoms with Gasteiger partial charge in [-0.3, -0.25) is 4.79 Å². The molecular formula is C23H30ClN5O2. The molecule has 4 heterocycles. The Bertz CT molecular complexity index is 909. The first kappa shape index (κ1) is 22.0. The van der Waals surface area contributed by atoms with E-state index in [-0.39, 0.29) is 11.8 Å². The lowest BCUT2D eigenvalue weighted by molar-refractivity contribution is -0.119. The zero-order valence-corrected chi connectivity index (χ0v) is 18.8. The molecule has 2 aliphatic rings. The average Bonchev–Trinajstić information content (AvgIpc) is 3.28. The Morgan fingerprint density at radius 1 is 1.26 bits per heavy atom. The van der Waals surface area contributed by atoms with E-state index in [9.17, 15) is 4.79 Å². The van der Waals surface area contributed by atoms with E-state index in [0.717, 1.165) is 49.4 Å². The van der Waals surface area contributed by atoms with Gasteiger partial charge in [-0.25, -0.2) is 9.97 Å². The number of amides is 1. The highest BCUT2D eigenvalue weighted by atomic mass is 35.5. The van der Waals surface area contributed by atoms with E-state index in [0.29, 0.717) is 35.5 Å². The molecule has 3 N–H and O–H groups in total. The summed E-state index contributed by atoms with van der Waals surface area (Å²) in [6.07, 6.45) is 5.08. The smallest absolute Gasteiger partial charge is 0.229 e. The van der Waals surface area contributed by atoms with Crippen LogP contribution in [0.3, 0.4) is 0 Å². The number of carbonyl (C=O) groups excluding carboxylic acids is 1. The van der Waals surface area contributed by atoms with Crippen LogP contribution >= 0.6 is 11.6 Å². The molecule has 2 aliphatic heterocycles. The highest BCUT2D eigenvalue weighted by Crippen LogP contribution is 2.30. The Hall–Kier alpha value is -2.22. The van der Waals surface area contributed by atoms with E-state index in [1.54, 1.807) is 12.3 Å². The van der Waals surface area contributed by atoms with Gasteiger partial charge in [-0.1, -0.05) is 17.7 Å². The van der Waals surface area contributed by atoms with Crippen molar-refractivity contribution in [1.29, 1.82) is 0 Å². The Morgan fingerprint density at radius 2 is 2.06 bits per heavy atom. The Labute approximate surface area is 188 Å². The molecular weight excluding hydrogens is 414 g/mol. The van der Waals surface area contributed by atoms with Crippen LogP contribution in [-0.4, -0.2) is 47.7 Å². The number of pyridine rings is 2. The lowest BCUT2D eigenvalue weighted by Gasteiger charge is -2.32. The molecule has 0 bridgehead atoms. The third-order valence-corrected chi connectivity index (χ3v) is 6.23. The highest BCUT2D eigenvalue weighted by molar-refractivity contribution is 6.33. The number of nitrogens with zero attached hydrogens (tertiary/aromatic N) is 2. The van der Waals surface area contributed by atoms with Crippen LogP contribution in [-0.2, 0) is 9.53 Å². The van der Waals surface area contributed by atoms with Crippen molar-refractivity contribution in [2.75, 3.05) is 30.3 Å². The van der Waals surface area contributed by atoms with Gasteiger partial charge in [0.1, 0.15) is 11.6 Å². The summed E-state index contributed by atoms with van der Waals surface area (Å²) in [5.41, 5.74) is 1.48. The average molecular weight is 444 g/mol. The molecule has 7 nitrogen and oxygen atoms in total. The maximum atomic E-state index is 12.4. The van der Waals surface area contributed by atoms with E-state index in [2.05, 4.69) is 34.8 Å². The number of hydrogen-bond donors (Lipinski definition) is 3. The fourth-order valence-electron chi connectivity index (χ4n) is 4.45. The molecule has 2 aromatic rings. The molecule has 0 aromatic carbocycles. The number of carbonyl (C=O) groups is 1. The van der Waals surface area contributed by atoms with Gasteiger partial charge in [0.15, 0.2) is 0 Å². The molecule has 0 spiro atoms. The molecule has 31 heavy (non-hydrogen) atoms. The molecule has 166 valence electrons. The van der Waals surface area contributed by atoms with Crippen molar-refractivity contribution < 1.29 is 9.53 Å². The maximum Gasteiger partial charge on any atom is 0.229 e. The number of rotatable bonds is 6. The van der Waals surface area contributed by atoms with Gasteiger partial charge in [0.05, 0.1) is 28.8 Å². The SMILES string of the molecule is C[C@@H]1CC(CNc2cccc(-c3cc(NC(=O)C4CCNC4)ncc3Cl)n2)C[C@H](C)O1. The van der Waals surface area contributed by atoms with Crippen LogP contribution in [0.2, 0.25) is 5.02 Å². The second kappa shape index (κ2) is 9.94. The number of halogens is 1. The summed E-state index contributed by atoms with van der Waals surface area (Å²) in [7, 11) is 0. The zero-order chi connectivity index (χ0) is 21.8. The summed E-state index contributed by atoms with van der Waals surface area (Å²) in [5.74, 6) is 1.80. The molecule has 1 amide bonds. The van der Waals surface area contributed by atoms with E-state index >= 15 is 0 Å². The first-order valence-corrected chi connectivity index (χ1v) is 11.4. The molecule has 0 saturated carbocycles. The molecule has 4 atom stereocenters. The number of nitrogens with one attached hydrogen (secondary N) is 3. The molecule has 2 unspecified atom stereocenters. The van der Waals surface area contributed by atoms with Crippen molar-refractivity contribution in [3.8, 4) is 11.3 Å². The Balaban J connectivity index is 1.44. The molecule has 2 aromatic heterocycles. The van der Waals surface area contributed by atoms with Crippen molar-refractivity contribution in [3.63, 3.8) is 0 Å². The topological polar surface area (TPSA) is 88.2 Å². The van der Waals surface area contributed by atoms with Gasteiger partial charge in [-0.2, -0.15) is 0 Å². The normalized spacial score (nSPS) is 25.9. The minimum Gasteiger partial charge on any atom is -0.376 e. The van der Waals surface area contributed by atoms with Gasteiger partial charge in [0.2, 0.25) is 5.91 Å². The van der Waals surface area contributed by atoms with Gasteiger partial charge in [0, 0.05) is 24.8 Å². The molecule has 4 rings (SSSR count). The van der Waals surface area contributed by atoms with Crippen molar-refractivity contribution in [3.05, 3.63) is 35.5 Å². The fourth-order valence-corrected chi connectivity index (χ4v) is 4.65. The van der Waals surface area contributed by atoms with E-state index < -0.39 is 0 Å². The molecule has 2 fully saturated rings. The van der Waals surface area contributed by atoms with E-state index in [1.165, 1.54) is 0 Å². The lowest BCUT2D eigenvalue weighted by Crippen LogP contribution is -2.32. The lowest BCUT2D eigenvalue weighted by atomic mass is 9.92. The molecule has 8 heteroatoms. The monoisotopic (exact) mass is 443 g/mol. The molecule has 0 radical (unpaired) electrons. The quantitative estimate of drug-likeness (QED) is 0.626. The minimum absolute atomic E-state index is 0.0194. The minimum atomic E-state index is -0.0257. The van der Waals surface area contributed by atoms with Crippen LogP contribution in [0.25, 0.3) is 11.3 Å². The predicted octanol–water partition coefficient (Wildman–Crippen LogP) is 3.96. The summed E-state index contributed by atoms with van der Waals surface area (Å²) in [6, 6.07) is 7.62. The number of hydrogen-bond acceptors (Lipinski definition) is 6. The van der Waals surface area contributed by atoms with E-state index in [1.807, 2.05) is 18.2 Å². The first-order chi connectivity index (χ1) is 15.0. The predicted molar refractivity (Wildman–Crippen MR) is 123 cm³/mol. The largest absolute Gasteiger partial charge is 0.376 e. The van der Waals surface area contributed by atoms with Crippen LogP contribution in [0.4, 0.5) is 11.6 Å². The van der Waals surface area contributed by atoms with Gasteiger partial charge >= 0.3 is 0 Å². The van der Waals surface area contributed by atoms with Crippen molar-refractivity contribution >= 4 is 29.1 Å². The number of ether oxygens (including phenoxy) is 1. The van der Waals surface area contributed by atoms with Gasteiger partial charge < -0.3 is 20.7 Å². The summed E-state index contributed by atoms with van der Waals surface area (Å²) in [5, 5.41) is 10.1. The third kappa shape index (κ3) is 5.73. The Morgan fingerprint density at radius 3 is 2.81 bits per heavy atom. The Kier molecular flexibility index (Phi) is 7.05. The second-order valence-electron chi connectivity index (χ2n) is 8.61. The van der Waals surface area contributed by atoms with Crippen LogP contribution in [0, 0.1) is 11.8 Å².